The van der Waals surface area contributed by atoms with E-state index >= 15 is 0 Å². The van der Waals surface area contributed by atoms with E-state index in [0.29, 0.717) is 29.4 Å². The molecule has 0 amide bonds. The van der Waals surface area contributed by atoms with Gasteiger partial charge in [-0.1, -0.05) is 0 Å². The standard InChI is InChI=1S/C28H35N9O/c1-18-10-20(11-19(2)25(18)14-30-21-12-32-36(16-21)22-4-5-22)26-15-31-27(29)28(34-26)38-24-13-33-37(17-24)23-6-8-35(3)9-7-23/h10-13,15-17,22-23,30H,4-9,14H2,1-3H3,(H2,29,31). The van der Waals surface area contributed by atoms with Crippen molar-refractivity contribution in [2.45, 2.75) is 58.2 Å². The Balaban J connectivity index is 1.16. The topological polar surface area (TPSA) is 112 Å². The van der Waals surface area contributed by atoms with Gasteiger partial charge in [0.05, 0.1) is 48.3 Å². The molecule has 10 nitrogen and oxygen atoms in total. The number of nitrogens with zero attached hydrogens (tertiary/aromatic N) is 7. The van der Waals surface area contributed by atoms with Crippen LogP contribution >= 0.6 is 0 Å². The van der Waals surface area contributed by atoms with Crippen molar-refractivity contribution in [3.05, 3.63) is 59.8 Å². The Hall–Kier alpha value is -3.92. The lowest BCUT2D eigenvalue weighted by Crippen LogP contribution is -2.31. The summed E-state index contributed by atoms with van der Waals surface area (Å²) in [4.78, 5) is 11.4. The maximum Gasteiger partial charge on any atom is 0.263 e. The van der Waals surface area contributed by atoms with Crippen LogP contribution in [-0.4, -0.2) is 54.6 Å². The molecule has 3 N–H and O–H groups in total. The third-order valence-corrected chi connectivity index (χ3v) is 7.61. The first-order valence-corrected chi connectivity index (χ1v) is 13.3. The van der Waals surface area contributed by atoms with Crippen molar-refractivity contribution in [2.24, 2.45) is 0 Å². The van der Waals surface area contributed by atoms with Crippen molar-refractivity contribution in [3.8, 4) is 22.9 Å². The van der Waals surface area contributed by atoms with Gasteiger partial charge in [-0.25, -0.2) is 9.97 Å². The van der Waals surface area contributed by atoms with E-state index in [1.807, 2.05) is 17.1 Å². The minimum atomic E-state index is 0.252. The first-order chi connectivity index (χ1) is 18.4. The highest BCUT2D eigenvalue weighted by molar-refractivity contribution is 5.64. The van der Waals surface area contributed by atoms with Gasteiger partial charge in [-0.2, -0.15) is 10.2 Å². The molecule has 2 fully saturated rings. The van der Waals surface area contributed by atoms with Crippen LogP contribution in [0.5, 0.6) is 11.6 Å². The van der Waals surface area contributed by atoms with Gasteiger partial charge in [-0.3, -0.25) is 9.36 Å². The number of aryl methyl sites for hydroxylation is 2. The van der Waals surface area contributed by atoms with Crippen molar-refractivity contribution in [1.82, 2.24) is 34.4 Å². The second-order valence-corrected chi connectivity index (χ2v) is 10.6. The third-order valence-electron chi connectivity index (χ3n) is 7.61. The number of nitrogens with two attached hydrogens (primary N) is 1. The van der Waals surface area contributed by atoms with Gasteiger partial charge < -0.3 is 20.7 Å². The van der Waals surface area contributed by atoms with Gasteiger partial charge in [0.25, 0.3) is 5.88 Å². The summed E-state index contributed by atoms with van der Waals surface area (Å²) in [6.07, 6.45) is 13.9. The number of nitrogens with one attached hydrogen (secondary N) is 1. The van der Waals surface area contributed by atoms with Crippen LogP contribution in [0.4, 0.5) is 11.5 Å². The predicted molar refractivity (Wildman–Crippen MR) is 147 cm³/mol. The molecule has 0 bridgehead atoms. The smallest absolute Gasteiger partial charge is 0.263 e. The van der Waals surface area contributed by atoms with Gasteiger partial charge in [-0.05, 0) is 88.5 Å². The molecule has 0 atom stereocenters. The maximum atomic E-state index is 6.14. The molecule has 1 aliphatic heterocycles. The minimum Gasteiger partial charge on any atom is -0.433 e. The van der Waals surface area contributed by atoms with E-state index in [1.54, 1.807) is 12.4 Å². The molecule has 0 radical (unpaired) electrons. The zero-order valence-corrected chi connectivity index (χ0v) is 22.3. The lowest BCUT2D eigenvalue weighted by molar-refractivity contribution is 0.212. The Labute approximate surface area is 222 Å². The molecule has 6 rings (SSSR count). The van der Waals surface area contributed by atoms with E-state index in [1.165, 1.54) is 29.5 Å². The Morgan fingerprint density at radius 1 is 0.947 bits per heavy atom. The van der Waals surface area contributed by atoms with Crippen molar-refractivity contribution in [1.29, 1.82) is 0 Å². The molecule has 1 saturated heterocycles. The normalized spacial score (nSPS) is 16.6. The number of aromatic nitrogens is 6. The first kappa shape index (κ1) is 24.4. The van der Waals surface area contributed by atoms with E-state index in [0.717, 1.165) is 43.7 Å². The minimum absolute atomic E-state index is 0.252. The lowest BCUT2D eigenvalue weighted by Gasteiger charge is -2.28. The predicted octanol–water partition coefficient (Wildman–Crippen LogP) is 4.74. The summed E-state index contributed by atoms with van der Waals surface area (Å²) >= 11 is 0. The van der Waals surface area contributed by atoms with Gasteiger partial charge in [-0.15, -0.1) is 0 Å². The molecule has 0 unspecified atom stereocenters. The number of ether oxygens (including phenoxy) is 1. The number of piperidine rings is 1. The Bertz CT molecular complexity index is 1410. The third kappa shape index (κ3) is 5.22. The summed E-state index contributed by atoms with van der Waals surface area (Å²) in [6, 6.07) is 5.24. The van der Waals surface area contributed by atoms with E-state index in [2.05, 4.69) is 69.3 Å². The number of hydrogen-bond acceptors (Lipinski definition) is 8. The zero-order valence-electron chi connectivity index (χ0n) is 22.3. The fourth-order valence-electron chi connectivity index (χ4n) is 5.12. The molecule has 4 aromatic rings. The van der Waals surface area contributed by atoms with Gasteiger partial charge >= 0.3 is 0 Å². The van der Waals surface area contributed by atoms with Crippen LogP contribution in [0.1, 0.15) is 54.5 Å². The summed E-state index contributed by atoms with van der Waals surface area (Å²) in [5, 5.41) is 12.5. The highest BCUT2D eigenvalue weighted by Gasteiger charge is 2.24. The average Bonchev–Trinajstić information content (AvgIpc) is 3.46. The van der Waals surface area contributed by atoms with Gasteiger partial charge in [0.2, 0.25) is 0 Å². The molecule has 3 aromatic heterocycles. The molecule has 1 aliphatic carbocycles. The van der Waals surface area contributed by atoms with E-state index in [9.17, 15) is 0 Å². The quantitative estimate of drug-likeness (QED) is 0.347. The SMILES string of the molecule is Cc1cc(-c2cnc(N)c(Oc3cnn(C4CCN(C)CC4)c3)n2)cc(C)c1CNc1cnn(C2CC2)c1. The second-order valence-electron chi connectivity index (χ2n) is 10.6. The largest absolute Gasteiger partial charge is 0.433 e. The van der Waals surface area contributed by atoms with Gasteiger partial charge in [0.15, 0.2) is 11.6 Å². The number of hydrogen-bond donors (Lipinski definition) is 2. The van der Waals surface area contributed by atoms with Crippen molar-refractivity contribution in [3.63, 3.8) is 0 Å². The van der Waals surface area contributed by atoms with Crippen LogP contribution in [0, 0.1) is 13.8 Å². The molecular weight excluding hydrogens is 478 g/mol. The number of nitrogen functional groups attached to an aromatic ring is 1. The monoisotopic (exact) mass is 513 g/mol. The second kappa shape index (κ2) is 10.1. The molecule has 2 aliphatic rings. The molecule has 38 heavy (non-hydrogen) atoms. The molecule has 1 saturated carbocycles. The van der Waals surface area contributed by atoms with Crippen molar-refractivity contribution in [2.75, 3.05) is 31.2 Å². The van der Waals surface area contributed by atoms with Crippen molar-refractivity contribution < 1.29 is 4.74 Å². The average molecular weight is 514 g/mol. The Morgan fingerprint density at radius 2 is 1.63 bits per heavy atom. The summed E-state index contributed by atoms with van der Waals surface area (Å²) in [5.74, 6) is 1.15. The number of benzene rings is 1. The lowest BCUT2D eigenvalue weighted by atomic mass is 9.98. The van der Waals surface area contributed by atoms with Crippen LogP contribution in [-0.2, 0) is 6.54 Å². The summed E-state index contributed by atoms with van der Waals surface area (Å²) in [6.45, 7) is 7.12. The Kier molecular flexibility index (Phi) is 6.49. The van der Waals surface area contributed by atoms with Crippen LogP contribution in [0.3, 0.4) is 0 Å². The van der Waals surface area contributed by atoms with E-state index in [4.69, 9.17) is 15.5 Å². The van der Waals surface area contributed by atoms with Gasteiger partial charge in [0.1, 0.15) is 0 Å². The Morgan fingerprint density at radius 3 is 2.37 bits per heavy atom. The van der Waals surface area contributed by atoms with Gasteiger partial charge in [0, 0.05) is 18.3 Å². The van der Waals surface area contributed by atoms with Crippen LogP contribution < -0.4 is 15.8 Å². The number of likely N-dealkylation sites (tertiary alicyclic amines) is 1. The summed E-state index contributed by atoms with van der Waals surface area (Å²) in [7, 11) is 2.15. The highest BCUT2D eigenvalue weighted by Crippen LogP contribution is 2.35. The molecule has 1 aromatic carbocycles. The molecule has 198 valence electrons. The van der Waals surface area contributed by atoms with Crippen LogP contribution in [0.15, 0.2) is 43.1 Å². The fourth-order valence-corrected chi connectivity index (χ4v) is 5.12. The number of anilines is 2. The number of rotatable bonds is 8. The summed E-state index contributed by atoms with van der Waals surface area (Å²) < 4.78 is 10.1. The van der Waals surface area contributed by atoms with Crippen LogP contribution in [0.25, 0.3) is 11.3 Å². The van der Waals surface area contributed by atoms with Crippen LogP contribution in [0.2, 0.25) is 0 Å². The van der Waals surface area contributed by atoms with Crippen molar-refractivity contribution >= 4 is 11.5 Å². The maximum absolute atomic E-state index is 6.14. The van der Waals surface area contributed by atoms with E-state index < -0.39 is 0 Å². The molecule has 10 heteroatoms. The molecule has 0 spiro atoms. The zero-order chi connectivity index (χ0) is 26.2. The summed E-state index contributed by atoms with van der Waals surface area (Å²) in [5.41, 5.74) is 12.5. The highest BCUT2D eigenvalue weighted by atomic mass is 16.5. The fraction of sp³-hybridized carbons (Fsp3) is 0.429. The molecule has 4 heterocycles. The molecular formula is C28H35N9O. The van der Waals surface area contributed by atoms with E-state index in [-0.39, 0.29) is 5.82 Å². The first-order valence-electron chi connectivity index (χ1n) is 13.3.